The lowest BCUT2D eigenvalue weighted by Crippen LogP contribution is -2.52. The Balaban J connectivity index is 0.00000304. The number of sulfonamides is 1. The zero-order valence-electron chi connectivity index (χ0n) is 20.8. The van der Waals surface area contributed by atoms with E-state index in [1.165, 1.54) is 4.31 Å². The van der Waals surface area contributed by atoms with E-state index >= 15 is 0 Å². The quantitative estimate of drug-likeness (QED) is 0.496. The van der Waals surface area contributed by atoms with Crippen LogP contribution in [0.3, 0.4) is 0 Å². The number of aromatic nitrogens is 4. The van der Waals surface area contributed by atoms with Crippen LogP contribution in [-0.4, -0.2) is 64.6 Å². The Morgan fingerprint density at radius 1 is 1.22 bits per heavy atom. The number of aryl methyl sites for hydroxylation is 1. The lowest BCUT2D eigenvalue weighted by Gasteiger charge is -2.33. The molecule has 196 valence electrons. The Bertz CT molecular complexity index is 1410. The highest BCUT2D eigenvalue weighted by Crippen LogP contribution is 2.35. The predicted octanol–water partition coefficient (Wildman–Crippen LogP) is 2.85. The van der Waals surface area contributed by atoms with E-state index in [0.717, 1.165) is 31.5 Å². The minimum atomic E-state index is -3.74. The first kappa shape index (κ1) is 26.6. The van der Waals surface area contributed by atoms with E-state index in [2.05, 4.69) is 10.3 Å². The normalized spacial score (nSPS) is 19.5. The summed E-state index contributed by atoms with van der Waals surface area (Å²) in [6, 6.07) is 4.58. The maximum Gasteiger partial charge on any atom is 0.277 e. The standard InChI is InChI=1S/C24H32N6O4S.ClH/c1-4-34-20-10-9-18(35(32,33)29-12-11-25-14-15(29)2)13-19(20)22-27-24(31)21-16(3)26-23(30(21)28-22)17-7-5-6-8-17;/h9-10,13,15,17,25H,4-8,11-12,14H2,1-3H3,(H,27,28,31);1H. The van der Waals surface area contributed by atoms with Crippen LogP contribution in [0.5, 0.6) is 5.75 Å². The van der Waals surface area contributed by atoms with E-state index in [9.17, 15) is 13.2 Å². The molecule has 2 aliphatic rings. The number of imidazole rings is 1. The number of ether oxygens (including phenoxy) is 1. The Labute approximate surface area is 216 Å². The van der Waals surface area contributed by atoms with Gasteiger partial charge in [-0.3, -0.25) is 4.79 Å². The molecule has 0 radical (unpaired) electrons. The van der Waals surface area contributed by atoms with Crippen molar-refractivity contribution in [3.63, 3.8) is 0 Å². The van der Waals surface area contributed by atoms with Gasteiger partial charge in [0.2, 0.25) is 10.0 Å². The van der Waals surface area contributed by atoms with Gasteiger partial charge in [-0.2, -0.15) is 4.31 Å². The largest absolute Gasteiger partial charge is 0.493 e. The summed E-state index contributed by atoms with van der Waals surface area (Å²) in [5.41, 5.74) is 1.18. The highest BCUT2D eigenvalue weighted by molar-refractivity contribution is 7.89. The first-order chi connectivity index (χ1) is 16.8. The lowest BCUT2D eigenvalue weighted by atomic mass is 10.1. The number of benzene rings is 1. The summed E-state index contributed by atoms with van der Waals surface area (Å²) in [5.74, 6) is 1.76. The minimum Gasteiger partial charge on any atom is -0.493 e. The molecule has 2 fully saturated rings. The number of fused-ring (bicyclic) bond motifs is 1. The third-order valence-corrected chi connectivity index (χ3v) is 8.98. The van der Waals surface area contributed by atoms with Crippen molar-refractivity contribution < 1.29 is 13.2 Å². The maximum atomic E-state index is 13.5. The van der Waals surface area contributed by atoms with Crippen molar-refractivity contribution >= 4 is 27.9 Å². The summed E-state index contributed by atoms with van der Waals surface area (Å²) >= 11 is 0. The molecule has 5 rings (SSSR count). The molecular weight excluding hydrogens is 504 g/mol. The number of nitrogens with zero attached hydrogens (tertiary/aromatic N) is 4. The summed E-state index contributed by atoms with van der Waals surface area (Å²) in [6.45, 7) is 7.54. The molecule has 3 aromatic rings. The molecule has 1 aliphatic carbocycles. The summed E-state index contributed by atoms with van der Waals surface area (Å²) in [5, 5.41) is 7.99. The average Bonchev–Trinajstić information content (AvgIpc) is 3.48. The second kappa shape index (κ2) is 10.5. The second-order valence-electron chi connectivity index (χ2n) is 9.36. The molecule has 1 atom stereocenters. The lowest BCUT2D eigenvalue weighted by molar-refractivity contribution is 0.284. The fraction of sp³-hybridized carbons (Fsp3) is 0.542. The van der Waals surface area contributed by atoms with E-state index in [0.29, 0.717) is 48.8 Å². The van der Waals surface area contributed by atoms with Crippen LogP contribution in [-0.2, 0) is 10.0 Å². The number of piperazine rings is 1. The van der Waals surface area contributed by atoms with Gasteiger partial charge in [0.05, 0.1) is 22.8 Å². The molecule has 0 spiro atoms. The van der Waals surface area contributed by atoms with Crippen LogP contribution < -0.4 is 15.6 Å². The fourth-order valence-corrected chi connectivity index (χ4v) is 6.87. The number of hydrogen-bond acceptors (Lipinski definition) is 7. The van der Waals surface area contributed by atoms with Crippen molar-refractivity contribution in [2.75, 3.05) is 26.2 Å². The Morgan fingerprint density at radius 2 is 1.97 bits per heavy atom. The van der Waals surface area contributed by atoms with Gasteiger partial charge in [-0.1, -0.05) is 12.8 Å². The number of halogens is 1. The summed E-state index contributed by atoms with van der Waals surface area (Å²) in [4.78, 5) is 20.8. The fourth-order valence-electron chi connectivity index (χ4n) is 5.21. The first-order valence-corrected chi connectivity index (χ1v) is 13.7. The van der Waals surface area contributed by atoms with Crippen molar-refractivity contribution in [2.45, 2.75) is 63.3 Å². The van der Waals surface area contributed by atoms with Gasteiger partial charge in [-0.25, -0.2) is 17.9 Å². The molecule has 1 aliphatic heterocycles. The molecule has 1 saturated heterocycles. The highest BCUT2D eigenvalue weighted by atomic mass is 35.5. The third kappa shape index (κ3) is 4.65. The van der Waals surface area contributed by atoms with E-state index in [4.69, 9.17) is 14.8 Å². The van der Waals surface area contributed by atoms with Gasteiger partial charge < -0.3 is 15.0 Å². The molecular formula is C24H33ClN6O4S. The molecule has 1 aromatic carbocycles. The van der Waals surface area contributed by atoms with Crippen molar-refractivity contribution in [1.82, 2.24) is 29.2 Å². The SMILES string of the molecule is CCOc1ccc(S(=O)(=O)N2CCNCC2C)cc1-c1nn2c(C3CCCC3)nc(C)c2c(=O)[nH]1.Cl. The summed E-state index contributed by atoms with van der Waals surface area (Å²) in [7, 11) is -3.74. The molecule has 1 unspecified atom stereocenters. The van der Waals surface area contributed by atoms with Gasteiger partial charge in [0.15, 0.2) is 11.3 Å². The average molecular weight is 537 g/mol. The number of hydrogen-bond donors (Lipinski definition) is 2. The molecule has 36 heavy (non-hydrogen) atoms. The molecule has 2 aromatic heterocycles. The van der Waals surface area contributed by atoms with E-state index in [1.54, 1.807) is 22.7 Å². The topological polar surface area (TPSA) is 122 Å². The van der Waals surface area contributed by atoms with Crippen LogP contribution in [0, 0.1) is 6.92 Å². The Kier molecular flexibility index (Phi) is 7.75. The Hall–Kier alpha value is -2.47. The van der Waals surface area contributed by atoms with Crippen LogP contribution in [0.4, 0.5) is 0 Å². The van der Waals surface area contributed by atoms with Crippen LogP contribution in [0.2, 0.25) is 0 Å². The molecule has 10 nitrogen and oxygen atoms in total. The number of nitrogens with one attached hydrogen (secondary N) is 2. The number of rotatable bonds is 6. The van der Waals surface area contributed by atoms with Crippen LogP contribution >= 0.6 is 12.4 Å². The van der Waals surface area contributed by atoms with Crippen LogP contribution in [0.1, 0.15) is 57.0 Å². The van der Waals surface area contributed by atoms with Gasteiger partial charge in [-0.05, 0) is 51.8 Å². The first-order valence-electron chi connectivity index (χ1n) is 12.3. The predicted molar refractivity (Wildman–Crippen MR) is 140 cm³/mol. The van der Waals surface area contributed by atoms with Gasteiger partial charge in [0.25, 0.3) is 5.56 Å². The van der Waals surface area contributed by atoms with Gasteiger partial charge in [0.1, 0.15) is 11.6 Å². The van der Waals surface area contributed by atoms with Gasteiger partial charge >= 0.3 is 0 Å². The smallest absolute Gasteiger partial charge is 0.277 e. The van der Waals surface area contributed by atoms with Crippen molar-refractivity contribution in [1.29, 1.82) is 0 Å². The maximum absolute atomic E-state index is 13.5. The van der Waals surface area contributed by atoms with Crippen LogP contribution in [0.25, 0.3) is 16.9 Å². The second-order valence-corrected chi connectivity index (χ2v) is 11.3. The van der Waals surface area contributed by atoms with Crippen molar-refractivity contribution in [2.24, 2.45) is 0 Å². The van der Waals surface area contributed by atoms with Crippen LogP contribution in [0.15, 0.2) is 27.9 Å². The van der Waals surface area contributed by atoms with E-state index < -0.39 is 10.0 Å². The van der Waals surface area contributed by atoms with Crippen molar-refractivity contribution in [3.05, 3.63) is 40.1 Å². The summed E-state index contributed by atoms with van der Waals surface area (Å²) in [6.07, 6.45) is 4.30. The molecule has 2 N–H and O–H groups in total. The minimum absolute atomic E-state index is 0. The Morgan fingerprint density at radius 3 is 2.67 bits per heavy atom. The van der Waals surface area contributed by atoms with Gasteiger partial charge in [0, 0.05) is 31.6 Å². The molecule has 1 saturated carbocycles. The summed E-state index contributed by atoms with van der Waals surface area (Å²) < 4.78 is 36.0. The number of aromatic amines is 1. The molecule has 0 amide bonds. The van der Waals surface area contributed by atoms with Crippen molar-refractivity contribution in [3.8, 4) is 17.1 Å². The highest BCUT2D eigenvalue weighted by Gasteiger charge is 2.32. The van der Waals surface area contributed by atoms with E-state index in [-0.39, 0.29) is 40.6 Å². The molecule has 3 heterocycles. The monoisotopic (exact) mass is 536 g/mol. The zero-order valence-corrected chi connectivity index (χ0v) is 22.4. The number of H-pyrrole nitrogens is 1. The van der Waals surface area contributed by atoms with Gasteiger partial charge in [-0.15, -0.1) is 17.5 Å². The molecule has 12 heteroatoms. The zero-order chi connectivity index (χ0) is 24.7. The third-order valence-electron chi connectivity index (χ3n) is 6.97. The van der Waals surface area contributed by atoms with E-state index in [1.807, 2.05) is 20.8 Å². The molecule has 0 bridgehead atoms.